The summed E-state index contributed by atoms with van der Waals surface area (Å²) in [6.45, 7) is 12.5. The standard InChI is InChI=1S/C24H24ClF2N5O3S.C24H25ClFN5O3S.C23H22BrClFN5O2S.C23H22Cl2FN5O2S/c1-31-6-8-32(9-7-31)24-29-11-20(36-15-3-4-16(22(28)34)18(25)10-15)23(30-24)35-13-14-2-5-19(26)17(12-33)21(14)27;1-30-6-8-31(9-7-30)24-28-12-21(35-17-3-4-18(22(27)33)19(25)11-17)23(29-24)34-14-15-2-5-20(26)16(10-15)13-32;1-30-6-8-31(9-7-30)23-28-12-20(34-15-3-4-16(21(27)32)18(25)11-15)22(29-23)33-13-14-2-5-19(26)17(24)10-14;1-30-6-8-31(9-7-30)23-28-12-20(34-15-3-4-16(21(27)32)17(24)11-15)22(29-23)33-13-14-2-5-19(26)18(25)10-14/h2-5,10-11,33H,6-9,12-13H2,1H3,(H2,28,34);2-5,10-12,32H,6-9,13-14H2,1H3,(H2,27,33);2*2-5,10-12H,6-9,13H2,1H3,(H2,27,32). The second-order valence-electron chi connectivity index (χ2n) is 31.8. The minimum Gasteiger partial charge on any atom is -0.472 e. The number of benzene rings is 8. The van der Waals surface area contributed by atoms with Gasteiger partial charge in [0.15, 0.2) is 0 Å². The van der Waals surface area contributed by atoms with Crippen molar-refractivity contribution in [3.8, 4) is 23.5 Å². The summed E-state index contributed by atoms with van der Waals surface area (Å²) >= 11 is 39.2. The van der Waals surface area contributed by atoms with Crippen molar-refractivity contribution in [2.24, 2.45) is 22.9 Å². The first-order chi connectivity index (χ1) is 66.7. The number of aromatic nitrogens is 8. The number of aliphatic hydroxyl groups is 2. The van der Waals surface area contributed by atoms with E-state index in [9.17, 15) is 51.3 Å². The Morgan fingerprint density at radius 3 is 0.921 bits per heavy atom. The summed E-state index contributed by atoms with van der Waals surface area (Å²) in [5.41, 5.74) is 24.3. The van der Waals surface area contributed by atoms with E-state index in [4.69, 9.17) is 105 Å². The molecule has 4 amide bonds. The lowest BCUT2D eigenvalue weighted by Gasteiger charge is -2.32. The Kier molecular flexibility index (Phi) is 37.9. The maximum Gasteiger partial charge on any atom is 0.250 e. The van der Waals surface area contributed by atoms with Gasteiger partial charge in [-0.25, -0.2) is 41.9 Å². The van der Waals surface area contributed by atoms with Crippen molar-refractivity contribution >= 4 is 168 Å². The summed E-state index contributed by atoms with van der Waals surface area (Å²) < 4.78 is 93.8. The molecule has 0 bridgehead atoms. The number of piperazine rings is 4. The van der Waals surface area contributed by atoms with E-state index >= 15 is 0 Å². The summed E-state index contributed by atoms with van der Waals surface area (Å²) in [5.74, 6) is -1.85. The van der Waals surface area contributed by atoms with Crippen molar-refractivity contribution in [1.82, 2.24) is 59.5 Å². The van der Waals surface area contributed by atoms with Crippen molar-refractivity contribution in [2.45, 2.75) is 78.8 Å². The molecule has 8 aromatic carbocycles. The highest BCUT2D eigenvalue weighted by Gasteiger charge is 2.28. The lowest BCUT2D eigenvalue weighted by Crippen LogP contribution is -2.45. The maximum absolute atomic E-state index is 14.7. The SMILES string of the molecule is CN1CCN(c2ncc(Sc3ccc(C(N)=O)c(Cl)c3)c(OCc3ccc(F)c(Br)c3)n2)CC1.CN1CCN(c2ncc(Sc3ccc(C(N)=O)c(Cl)c3)c(OCc3ccc(F)c(CO)c3)n2)CC1.CN1CCN(c2ncc(Sc3ccc(C(N)=O)c(Cl)c3)c(OCc3ccc(F)c(CO)c3F)n2)CC1.CN1CCN(c2ncc(Sc3ccc(C(N)=O)c(Cl)c3)c(OCc3ccc(F)c(Cl)c3)n2)CC1. The summed E-state index contributed by atoms with van der Waals surface area (Å²) in [4.78, 5) is 106. The summed E-state index contributed by atoms with van der Waals surface area (Å²) in [6, 6.07) is 35.7. The van der Waals surface area contributed by atoms with Crippen LogP contribution in [0.1, 0.15) is 74.8 Å². The van der Waals surface area contributed by atoms with Gasteiger partial charge in [-0.3, -0.25) is 19.2 Å². The molecule has 30 nitrogen and oxygen atoms in total. The summed E-state index contributed by atoms with van der Waals surface area (Å²) in [5, 5.41) is 19.7. The van der Waals surface area contributed by atoms with Crippen LogP contribution >= 0.6 is 121 Å². The largest absolute Gasteiger partial charge is 0.472 e. The fourth-order valence-electron chi connectivity index (χ4n) is 13.9. The third kappa shape index (κ3) is 29.2. The molecule has 4 aliphatic rings. The van der Waals surface area contributed by atoms with Gasteiger partial charge in [-0.2, -0.15) is 19.9 Å². The van der Waals surface area contributed by atoms with Crippen LogP contribution in [0.15, 0.2) is 208 Å². The number of hydrogen-bond acceptors (Lipinski definition) is 30. The Morgan fingerprint density at radius 2 is 0.633 bits per heavy atom. The van der Waals surface area contributed by atoms with E-state index in [-0.39, 0.29) is 96.6 Å². The Labute approximate surface area is 848 Å². The number of halogens is 11. The molecule has 4 aliphatic heterocycles. The molecule has 0 saturated carbocycles. The lowest BCUT2D eigenvalue weighted by atomic mass is 10.1. The Hall–Kier alpha value is -10.9. The van der Waals surface area contributed by atoms with Gasteiger partial charge in [-0.05, 0) is 182 Å². The number of carbonyl (C=O) groups excluding carboxylic acids is 4. The molecule has 8 heterocycles. The first kappa shape index (κ1) is 105. The van der Waals surface area contributed by atoms with Gasteiger partial charge in [-0.15, -0.1) is 0 Å². The topological polar surface area (TPSA) is 379 Å². The number of ether oxygens (including phenoxy) is 4. The number of aliphatic hydroxyl groups excluding tert-OH is 2. The maximum atomic E-state index is 14.7. The van der Waals surface area contributed by atoms with Gasteiger partial charge < -0.3 is 91.3 Å². The van der Waals surface area contributed by atoms with Crippen LogP contribution in [0.5, 0.6) is 23.5 Å². The van der Waals surface area contributed by atoms with Gasteiger partial charge in [-0.1, -0.05) is 123 Å². The highest BCUT2D eigenvalue weighted by molar-refractivity contribution is 9.10. The van der Waals surface area contributed by atoms with Crippen molar-refractivity contribution in [3.05, 3.63) is 279 Å². The van der Waals surface area contributed by atoms with Crippen LogP contribution in [0.2, 0.25) is 25.1 Å². The predicted molar refractivity (Wildman–Crippen MR) is 531 cm³/mol. The highest BCUT2D eigenvalue weighted by atomic mass is 79.9. The van der Waals surface area contributed by atoms with Gasteiger partial charge in [0.25, 0.3) is 0 Å². The first-order valence-corrected chi connectivity index (χ1v) is 48.8. The average molecular weight is 2140 g/mol. The normalized spacial score (nSPS) is 14.3. The number of nitrogens with two attached hydrogens (primary N) is 4. The number of primary amides is 4. The average Bonchev–Trinajstić information content (AvgIpc) is 0.835. The molecule has 4 fully saturated rings. The molecular formula is C94H93BrCl5F5N20O10S4. The minimum atomic E-state index is -0.867. The quantitative estimate of drug-likeness (QED) is 0.0228. The van der Waals surface area contributed by atoms with Crippen LogP contribution in [-0.2, 0) is 39.6 Å². The molecule has 0 radical (unpaired) electrons. The van der Waals surface area contributed by atoms with Crippen molar-refractivity contribution in [3.63, 3.8) is 0 Å². The monoisotopic (exact) mass is 2140 g/mol. The molecular weight excluding hydrogens is 2050 g/mol. The van der Waals surface area contributed by atoms with Gasteiger partial charge in [0.05, 0.1) is 109 Å². The second-order valence-corrected chi connectivity index (χ2v) is 39.2. The predicted octanol–water partition coefficient (Wildman–Crippen LogP) is 15.9. The van der Waals surface area contributed by atoms with Crippen LogP contribution in [-0.4, -0.2) is 226 Å². The van der Waals surface area contributed by atoms with E-state index in [1.54, 1.807) is 122 Å². The molecule has 4 saturated heterocycles. The minimum absolute atomic E-state index is 0.0284. The van der Waals surface area contributed by atoms with Gasteiger partial charge in [0, 0.05) is 141 Å². The zero-order chi connectivity index (χ0) is 99.3. The molecule has 139 heavy (non-hydrogen) atoms. The molecule has 4 aromatic heterocycles. The van der Waals surface area contributed by atoms with E-state index in [2.05, 4.69) is 106 Å². The van der Waals surface area contributed by atoms with Crippen LogP contribution in [0.25, 0.3) is 0 Å². The fourth-order valence-corrected chi connectivity index (χ4v) is 19.3. The highest BCUT2D eigenvalue weighted by Crippen LogP contribution is 2.43. The molecule has 0 spiro atoms. The third-order valence-corrected chi connectivity index (χ3v) is 28.0. The summed E-state index contributed by atoms with van der Waals surface area (Å²) in [7, 11) is 8.28. The zero-order valence-electron chi connectivity index (χ0n) is 75.1. The van der Waals surface area contributed by atoms with Crippen molar-refractivity contribution in [2.75, 3.05) is 153 Å². The van der Waals surface area contributed by atoms with Crippen LogP contribution in [0, 0.1) is 29.1 Å². The van der Waals surface area contributed by atoms with Crippen molar-refractivity contribution in [1.29, 1.82) is 0 Å². The van der Waals surface area contributed by atoms with Gasteiger partial charge in [0.1, 0.15) is 55.5 Å². The molecule has 730 valence electrons. The van der Waals surface area contributed by atoms with Crippen LogP contribution in [0.3, 0.4) is 0 Å². The smallest absolute Gasteiger partial charge is 0.250 e. The molecule has 0 atom stereocenters. The van der Waals surface area contributed by atoms with E-state index in [1.165, 1.54) is 83.4 Å². The molecule has 45 heteroatoms. The zero-order valence-corrected chi connectivity index (χ0v) is 83.7. The number of likely N-dealkylation sites (N-methyl/N-ethyl adjacent to an activating group) is 4. The summed E-state index contributed by atoms with van der Waals surface area (Å²) in [6.07, 6.45) is 6.72. The van der Waals surface area contributed by atoms with E-state index < -0.39 is 65.7 Å². The lowest BCUT2D eigenvalue weighted by molar-refractivity contribution is 0.0992. The van der Waals surface area contributed by atoms with E-state index in [1.807, 2.05) is 11.9 Å². The van der Waals surface area contributed by atoms with Crippen molar-refractivity contribution < 1.29 is 70.3 Å². The molecule has 10 N–H and O–H groups in total. The van der Waals surface area contributed by atoms with Crippen LogP contribution < -0.4 is 61.5 Å². The molecule has 16 rings (SSSR count). The van der Waals surface area contributed by atoms with Gasteiger partial charge in [0.2, 0.25) is 70.9 Å². The van der Waals surface area contributed by atoms with E-state index in [0.29, 0.717) is 81.5 Å². The Morgan fingerprint density at radius 1 is 0.345 bits per heavy atom. The second kappa shape index (κ2) is 50.0. The van der Waals surface area contributed by atoms with Gasteiger partial charge >= 0.3 is 0 Å². The Bertz CT molecular complexity index is 6240. The third-order valence-electron chi connectivity index (χ3n) is 21.9. The number of hydrogen-bond donors (Lipinski definition) is 6. The number of rotatable bonds is 30. The fraction of sp³-hybridized carbons (Fsp3) is 0.277. The number of anilines is 4. The van der Waals surface area contributed by atoms with Crippen LogP contribution in [0.4, 0.5) is 45.7 Å². The molecule has 12 aromatic rings. The number of amides is 4. The molecule has 0 unspecified atom stereocenters. The van der Waals surface area contributed by atoms with E-state index in [0.717, 1.165) is 131 Å². The Balaban J connectivity index is 0.000000156. The first-order valence-electron chi connectivity index (χ1n) is 42.8. The molecule has 0 aliphatic carbocycles. The number of nitrogens with zero attached hydrogens (tertiary/aromatic N) is 16. The number of carbonyl (C=O) groups is 4.